The summed E-state index contributed by atoms with van der Waals surface area (Å²) >= 11 is 1.58. The van der Waals surface area contributed by atoms with E-state index in [1.807, 2.05) is 11.4 Å². The fraction of sp³-hybridized carbons (Fsp3) is 0.600. The van der Waals surface area contributed by atoms with Gasteiger partial charge < -0.3 is 14.9 Å². The van der Waals surface area contributed by atoms with Crippen LogP contribution in [0.4, 0.5) is 4.79 Å². The van der Waals surface area contributed by atoms with E-state index in [0.717, 1.165) is 23.4 Å². The van der Waals surface area contributed by atoms with Gasteiger partial charge in [0.25, 0.3) is 0 Å². The summed E-state index contributed by atoms with van der Waals surface area (Å²) in [5.41, 5.74) is 0.782. The molecule has 2 heterocycles. The number of carbonyl (C=O) groups is 2. The Kier molecular flexibility index (Phi) is 3.89. The number of hydrogen-bond donors (Lipinski definition) is 1. The molecule has 1 aliphatic carbocycles. The van der Waals surface area contributed by atoms with Gasteiger partial charge in [0, 0.05) is 25.0 Å². The molecule has 1 atom stereocenters. The second kappa shape index (κ2) is 5.67. The summed E-state index contributed by atoms with van der Waals surface area (Å²) in [4.78, 5) is 28.5. The first-order chi connectivity index (χ1) is 10.1. The molecule has 2 aliphatic rings. The van der Waals surface area contributed by atoms with E-state index in [1.165, 1.54) is 24.2 Å². The molecule has 1 N–H and O–H groups in total. The molecule has 6 heteroatoms. The maximum atomic E-state index is 12.6. The predicted octanol–water partition coefficient (Wildman–Crippen LogP) is 2.58. The molecule has 2 amide bonds. The van der Waals surface area contributed by atoms with Crippen LogP contribution < -0.4 is 0 Å². The summed E-state index contributed by atoms with van der Waals surface area (Å²) in [7, 11) is 1.78. The second-order valence-corrected chi connectivity index (χ2v) is 6.94. The van der Waals surface area contributed by atoms with Crippen LogP contribution in [0.2, 0.25) is 0 Å². The molecule has 114 valence electrons. The van der Waals surface area contributed by atoms with Crippen LogP contribution in [0.3, 0.4) is 0 Å². The van der Waals surface area contributed by atoms with Gasteiger partial charge in [-0.2, -0.15) is 0 Å². The van der Waals surface area contributed by atoms with Crippen molar-refractivity contribution in [2.45, 2.75) is 31.7 Å². The van der Waals surface area contributed by atoms with Gasteiger partial charge in [0.15, 0.2) is 6.04 Å². The van der Waals surface area contributed by atoms with Gasteiger partial charge >= 0.3 is 12.0 Å². The van der Waals surface area contributed by atoms with Crippen molar-refractivity contribution in [3.8, 4) is 0 Å². The molecule has 1 saturated carbocycles. The predicted molar refractivity (Wildman–Crippen MR) is 80.5 cm³/mol. The minimum absolute atomic E-state index is 0.161. The molecule has 0 aromatic carbocycles. The quantitative estimate of drug-likeness (QED) is 0.933. The van der Waals surface area contributed by atoms with E-state index >= 15 is 0 Å². The molecule has 5 nitrogen and oxygen atoms in total. The first kappa shape index (κ1) is 14.4. The molecule has 0 bridgehead atoms. The van der Waals surface area contributed by atoms with Gasteiger partial charge in [-0.3, -0.25) is 0 Å². The van der Waals surface area contributed by atoms with E-state index in [-0.39, 0.29) is 6.03 Å². The van der Waals surface area contributed by atoms with Crippen LogP contribution in [0.25, 0.3) is 0 Å². The van der Waals surface area contributed by atoms with Crippen LogP contribution in [-0.2, 0) is 11.2 Å². The van der Waals surface area contributed by atoms with Crippen molar-refractivity contribution >= 4 is 23.3 Å². The third-order valence-corrected chi connectivity index (χ3v) is 5.53. The fourth-order valence-corrected chi connectivity index (χ4v) is 4.05. The summed E-state index contributed by atoms with van der Waals surface area (Å²) in [5.74, 6) is -0.358. The number of fused-ring (bicyclic) bond motifs is 1. The van der Waals surface area contributed by atoms with E-state index in [4.69, 9.17) is 0 Å². The van der Waals surface area contributed by atoms with Gasteiger partial charge in [-0.15, -0.1) is 11.3 Å². The lowest BCUT2D eigenvalue weighted by atomic mass is 9.85. The van der Waals surface area contributed by atoms with E-state index in [2.05, 4.69) is 0 Å². The number of carbonyl (C=O) groups excluding carboxylic acids is 1. The Morgan fingerprint density at radius 2 is 2.24 bits per heavy atom. The van der Waals surface area contributed by atoms with Gasteiger partial charge in [0.05, 0.1) is 0 Å². The molecule has 1 unspecified atom stereocenters. The molecule has 21 heavy (non-hydrogen) atoms. The Hall–Kier alpha value is -1.56. The van der Waals surface area contributed by atoms with Crippen molar-refractivity contribution in [3.63, 3.8) is 0 Å². The molecule has 1 fully saturated rings. The Bertz CT molecular complexity index is 553. The minimum atomic E-state index is -0.945. The van der Waals surface area contributed by atoms with E-state index in [1.54, 1.807) is 23.3 Å². The monoisotopic (exact) mass is 308 g/mol. The molecule has 1 aromatic rings. The molecule has 3 rings (SSSR count). The Morgan fingerprint density at radius 3 is 2.86 bits per heavy atom. The number of aliphatic carboxylic acids is 1. The van der Waals surface area contributed by atoms with Gasteiger partial charge in [0.1, 0.15) is 0 Å². The van der Waals surface area contributed by atoms with Crippen molar-refractivity contribution in [1.82, 2.24) is 9.80 Å². The molecule has 0 spiro atoms. The molecule has 0 radical (unpaired) electrons. The van der Waals surface area contributed by atoms with Crippen LogP contribution in [0.5, 0.6) is 0 Å². The zero-order valence-corrected chi connectivity index (χ0v) is 12.9. The first-order valence-corrected chi connectivity index (χ1v) is 8.26. The molecule has 1 aromatic heterocycles. The normalized spacial score (nSPS) is 21.6. The highest BCUT2D eigenvalue weighted by Gasteiger charge is 2.38. The van der Waals surface area contributed by atoms with Crippen LogP contribution in [0, 0.1) is 5.92 Å². The van der Waals surface area contributed by atoms with E-state index in [9.17, 15) is 14.7 Å². The van der Waals surface area contributed by atoms with Gasteiger partial charge in [-0.05, 0) is 42.2 Å². The van der Waals surface area contributed by atoms with Crippen molar-refractivity contribution in [3.05, 3.63) is 21.9 Å². The number of hydrogen-bond acceptors (Lipinski definition) is 3. The molecule has 1 aliphatic heterocycles. The minimum Gasteiger partial charge on any atom is -0.479 e. The zero-order valence-electron chi connectivity index (χ0n) is 12.1. The summed E-state index contributed by atoms with van der Waals surface area (Å²) in [6.45, 7) is 1.22. The highest BCUT2D eigenvalue weighted by molar-refractivity contribution is 7.10. The summed E-state index contributed by atoms with van der Waals surface area (Å²) < 4.78 is 0. The third kappa shape index (κ3) is 2.64. The standard InChI is InChI=1S/C15H20N2O3S/c1-16(9-10-3-2-4-10)15(20)17-7-5-12-11(6-8-21-12)13(17)14(18)19/h6,8,10,13H,2-5,7,9H2,1H3,(H,18,19). The topological polar surface area (TPSA) is 60.9 Å². The van der Waals surface area contributed by atoms with Crippen LogP contribution in [0.1, 0.15) is 35.7 Å². The Balaban J connectivity index is 1.77. The number of amides is 2. The maximum Gasteiger partial charge on any atom is 0.331 e. The highest BCUT2D eigenvalue weighted by Crippen LogP contribution is 2.34. The van der Waals surface area contributed by atoms with Crippen molar-refractivity contribution in [2.75, 3.05) is 20.1 Å². The molecular formula is C15H20N2O3S. The Labute approximate surface area is 128 Å². The van der Waals surface area contributed by atoms with Crippen LogP contribution in [0.15, 0.2) is 11.4 Å². The number of urea groups is 1. The highest BCUT2D eigenvalue weighted by atomic mass is 32.1. The lowest BCUT2D eigenvalue weighted by Crippen LogP contribution is -2.49. The van der Waals surface area contributed by atoms with Crippen molar-refractivity contribution < 1.29 is 14.7 Å². The van der Waals surface area contributed by atoms with E-state index in [0.29, 0.717) is 12.5 Å². The van der Waals surface area contributed by atoms with Gasteiger partial charge in [-0.25, -0.2) is 9.59 Å². The van der Waals surface area contributed by atoms with Crippen molar-refractivity contribution in [2.24, 2.45) is 5.92 Å². The summed E-state index contributed by atoms with van der Waals surface area (Å²) in [6.07, 6.45) is 4.34. The van der Waals surface area contributed by atoms with Crippen molar-refractivity contribution in [1.29, 1.82) is 0 Å². The third-order valence-electron chi connectivity index (χ3n) is 4.53. The summed E-state index contributed by atoms with van der Waals surface area (Å²) in [6, 6.07) is 0.840. The number of rotatable bonds is 3. The first-order valence-electron chi connectivity index (χ1n) is 7.38. The number of carboxylic acids is 1. The fourth-order valence-electron chi connectivity index (χ4n) is 3.15. The molecular weight excluding hydrogens is 288 g/mol. The average molecular weight is 308 g/mol. The SMILES string of the molecule is CN(CC1CCC1)C(=O)N1CCc2sccc2C1C(=O)O. The van der Waals surface area contributed by atoms with E-state index < -0.39 is 12.0 Å². The second-order valence-electron chi connectivity index (χ2n) is 5.94. The number of thiophene rings is 1. The lowest BCUT2D eigenvalue weighted by Gasteiger charge is -2.38. The summed E-state index contributed by atoms with van der Waals surface area (Å²) in [5, 5.41) is 11.4. The smallest absolute Gasteiger partial charge is 0.331 e. The van der Waals surface area contributed by atoms with Gasteiger partial charge in [0.2, 0.25) is 0 Å². The van der Waals surface area contributed by atoms with Gasteiger partial charge in [-0.1, -0.05) is 6.42 Å². The average Bonchev–Trinajstić information content (AvgIpc) is 2.88. The lowest BCUT2D eigenvalue weighted by molar-refractivity contribution is -0.143. The van der Waals surface area contributed by atoms with Crippen LogP contribution >= 0.6 is 11.3 Å². The molecule has 0 saturated heterocycles. The zero-order chi connectivity index (χ0) is 15.0. The Morgan fingerprint density at radius 1 is 1.48 bits per heavy atom. The maximum absolute atomic E-state index is 12.6. The largest absolute Gasteiger partial charge is 0.479 e. The number of nitrogens with zero attached hydrogens (tertiary/aromatic N) is 2. The number of carboxylic acid groups (broad SMARTS) is 1. The van der Waals surface area contributed by atoms with Crippen LogP contribution in [-0.4, -0.2) is 47.0 Å².